The second-order valence-electron chi connectivity index (χ2n) is 1.17. The number of rotatable bonds is 0. The Morgan fingerprint density at radius 2 is 1.75 bits per heavy atom. The van der Waals surface area contributed by atoms with Crippen LogP contribution >= 0.6 is 11.1 Å². The van der Waals surface area contributed by atoms with E-state index in [0.29, 0.717) is 17.1 Å². The smallest absolute Gasteiger partial charge is 0.104 e. The SMILES string of the molecule is Cl[SiH]1[SiH2][SiH2]1. The molecule has 0 saturated carbocycles. The van der Waals surface area contributed by atoms with Crippen molar-refractivity contribution in [1.82, 2.24) is 0 Å². The molecule has 1 aliphatic heterocycles. The molecule has 0 N–H and O–H groups in total. The molecule has 4 heavy (non-hydrogen) atoms. The van der Waals surface area contributed by atoms with Crippen LogP contribution in [0.4, 0.5) is 0 Å². The van der Waals surface area contributed by atoms with Crippen molar-refractivity contribution < 1.29 is 0 Å². The minimum Gasteiger partial charge on any atom is -0.180 e. The van der Waals surface area contributed by atoms with Crippen molar-refractivity contribution in [3.8, 4) is 0 Å². The average Bonchev–Trinajstić information content (AvgIpc) is 1.75. The van der Waals surface area contributed by atoms with Crippen molar-refractivity contribution in [1.29, 1.82) is 0 Å². The van der Waals surface area contributed by atoms with E-state index in [1.165, 1.54) is 0 Å². The summed E-state index contributed by atoms with van der Waals surface area (Å²) in [5, 5.41) is 0. The second-order valence-corrected chi connectivity index (χ2v) is 31.7. The van der Waals surface area contributed by atoms with E-state index >= 15 is 0 Å². The zero-order chi connectivity index (χ0) is 2.99. The minimum absolute atomic E-state index is 0.139. The summed E-state index contributed by atoms with van der Waals surface area (Å²) in [6.45, 7) is 0. The maximum atomic E-state index is 5.65. The number of halogens is 1. The highest BCUT2D eigenvalue weighted by Gasteiger charge is 2.20. The van der Waals surface area contributed by atoms with E-state index in [0.717, 1.165) is 0 Å². The Morgan fingerprint density at radius 3 is 1.75 bits per heavy atom. The lowest BCUT2D eigenvalue weighted by molar-refractivity contribution is 4.30. The second kappa shape index (κ2) is 0.966. The van der Waals surface area contributed by atoms with Gasteiger partial charge in [0.2, 0.25) is 0 Å². The van der Waals surface area contributed by atoms with Crippen LogP contribution in [-0.2, 0) is 0 Å². The molecular weight excluding hydrogens is 120 g/mol. The molecule has 0 unspecified atom stereocenters. The van der Waals surface area contributed by atoms with Crippen molar-refractivity contribution in [3.05, 3.63) is 0 Å². The van der Waals surface area contributed by atoms with Crippen LogP contribution in [-0.4, -0.2) is 24.3 Å². The Bertz CT molecular complexity index is 22.5. The maximum absolute atomic E-state index is 5.65. The van der Waals surface area contributed by atoms with E-state index in [1.54, 1.807) is 0 Å². The van der Waals surface area contributed by atoms with Gasteiger partial charge in [0.05, 0.1) is 0 Å². The van der Waals surface area contributed by atoms with Crippen molar-refractivity contribution >= 4 is 35.3 Å². The van der Waals surface area contributed by atoms with E-state index < -0.39 is 0 Å². The van der Waals surface area contributed by atoms with Crippen molar-refractivity contribution in [3.63, 3.8) is 0 Å². The summed E-state index contributed by atoms with van der Waals surface area (Å²) in [6, 6.07) is 0. The summed E-state index contributed by atoms with van der Waals surface area (Å²) >= 11 is 5.65. The van der Waals surface area contributed by atoms with Gasteiger partial charge in [-0.15, -0.1) is 0 Å². The summed E-state index contributed by atoms with van der Waals surface area (Å²) < 4.78 is 0. The molecule has 0 aromatic heterocycles. The first kappa shape index (κ1) is 3.14. The zero-order valence-electron chi connectivity index (χ0n) is 2.37. The predicted molar refractivity (Wildman–Crippen MR) is 30.1 cm³/mol. The van der Waals surface area contributed by atoms with Crippen LogP contribution < -0.4 is 0 Å². The van der Waals surface area contributed by atoms with E-state index in [2.05, 4.69) is 0 Å². The van der Waals surface area contributed by atoms with Crippen LogP contribution in [0.25, 0.3) is 0 Å². The van der Waals surface area contributed by atoms with Gasteiger partial charge in [-0.3, -0.25) is 0 Å². The van der Waals surface area contributed by atoms with Gasteiger partial charge in [0.1, 0.15) is 7.14 Å². The summed E-state index contributed by atoms with van der Waals surface area (Å²) in [5.41, 5.74) is 0. The van der Waals surface area contributed by atoms with Crippen LogP contribution in [0.3, 0.4) is 0 Å². The first-order valence-electron chi connectivity index (χ1n) is 1.53. The monoisotopic (exact) mass is 124 g/mol. The fourth-order valence-corrected chi connectivity index (χ4v) is 15.3. The molecule has 0 aliphatic carbocycles. The average molecular weight is 125 g/mol. The quantitative estimate of drug-likeness (QED) is 0.265. The topological polar surface area (TPSA) is 0 Å². The molecular formula is H5ClSi3. The first-order valence-corrected chi connectivity index (χ1v) is 13.8. The molecule has 24 valence electrons. The fraction of sp³-hybridized carbons (Fsp3) is 0. The molecule has 1 rings (SSSR count). The van der Waals surface area contributed by atoms with Gasteiger partial charge in [-0.2, -0.15) is 11.1 Å². The molecule has 1 aliphatic rings. The molecule has 1 heterocycles. The third-order valence-corrected chi connectivity index (χ3v) is 25.5. The standard InChI is InChI=1S/ClH5Si3/c1-4-2-3-4/h4H,2-3H2. The van der Waals surface area contributed by atoms with Gasteiger partial charge in [0.15, 0.2) is 0 Å². The highest BCUT2D eigenvalue weighted by atomic mass is 35.6. The Labute approximate surface area is 35.9 Å². The van der Waals surface area contributed by atoms with Gasteiger partial charge >= 0.3 is 0 Å². The molecule has 0 amide bonds. The Morgan fingerprint density at radius 1 is 1.50 bits per heavy atom. The highest BCUT2D eigenvalue weighted by molar-refractivity contribution is 7.93. The lowest BCUT2D eigenvalue weighted by Gasteiger charge is -1.47. The van der Waals surface area contributed by atoms with Crippen LogP contribution in [0.2, 0.25) is 0 Å². The molecule has 1 saturated heterocycles. The van der Waals surface area contributed by atoms with Crippen molar-refractivity contribution in [2.24, 2.45) is 0 Å². The molecule has 0 spiro atoms. The van der Waals surface area contributed by atoms with Crippen LogP contribution in [0.15, 0.2) is 0 Å². The maximum Gasteiger partial charge on any atom is 0.104 e. The van der Waals surface area contributed by atoms with Gasteiger partial charge in [-0.25, -0.2) is 0 Å². The highest BCUT2D eigenvalue weighted by Crippen LogP contribution is 1.94. The molecule has 1 fully saturated rings. The van der Waals surface area contributed by atoms with Gasteiger partial charge in [0, 0.05) is 17.1 Å². The van der Waals surface area contributed by atoms with E-state index in [-0.39, 0.29) is 7.14 Å². The van der Waals surface area contributed by atoms with Gasteiger partial charge in [-0.1, -0.05) is 0 Å². The third-order valence-electron chi connectivity index (χ3n) is 0.507. The van der Waals surface area contributed by atoms with Gasteiger partial charge in [0.25, 0.3) is 0 Å². The summed E-state index contributed by atoms with van der Waals surface area (Å²) in [6.07, 6.45) is 0. The van der Waals surface area contributed by atoms with Gasteiger partial charge in [-0.05, 0) is 0 Å². The van der Waals surface area contributed by atoms with Gasteiger partial charge < -0.3 is 0 Å². The lowest BCUT2D eigenvalue weighted by Crippen LogP contribution is -1.67. The molecule has 0 radical (unpaired) electrons. The molecule has 4 heteroatoms. The summed E-state index contributed by atoms with van der Waals surface area (Å²) in [5.74, 6) is 0. The van der Waals surface area contributed by atoms with Crippen LogP contribution in [0, 0.1) is 0 Å². The Hall–Kier alpha value is 0.941. The van der Waals surface area contributed by atoms with Crippen LogP contribution in [0.5, 0.6) is 0 Å². The zero-order valence-corrected chi connectivity index (χ0v) is 7.11. The summed E-state index contributed by atoms with van der Waals surface area (Å²) in [4.78, 5) is 0. The normalized spacial score (nSPS) is 51.8. The Kier molecular flexibility index (Phi) is 0.759. The third kappa shape index (κ3) is 0.713. The number of hydrogen-bond donors (Lipinski definition) is 0. The van der Waals surface area contributed by atoms with E-state index in [1.807, 2.05) is 0 Å². The summed E-state index contributed by atoms with van der Waals surface area (Å²) in [7, 11) is 1.13. The molecule has 0 nitrogen and oxygen atoms in total. The minimum atomic E-state index is -0.139. The fourth-order valence-electron chi connectivity index (χ4n) is 0.0630. The lowest BCUT2D eigenvalue weighted by atomic mass is 27.0. The van der Waals surface area contributed by atoms with Crippen LogP contribution in [0.1, 0.15) is 0 Å². The molecule has 0 bridgehead atoms. The van der Waals surface area contributed by atoms with Crippen molar-refractivity contribution in [2.45, 2.75) is 0 Å². The largest absolute Gasteiger partial charge is 0.180 e. The van der Waals surface area contributed by atoms with Crippen molar-refractivity contribution in [2.75, 3.05) is 0 Å². The molecule has 0 aromatic rings. The Balaban J connectivity index is 2.17. The van der Waals surface area contributed by atoms with E-state index in [9.17, 15) is 0 Å². The molecule has 0 atom stereocenters. The number of hydrogen-bond acceptors (Lipinski definition) is 0. The van der Waals surface area contributed by atoms with E-state index in [4.69, 9.17) is 11.1 Å². The predicted octanol–water partition coefficient (Wildman–Crippen LogP) is -1.79. The molecule has 0 aromatic carbocycles. The first-order chi connectivity index (χ1) is 1.89.